The van der Waals surface area contributed by atoms with E-state index in [1.165, 1.54) is 24.9 Å². The Bertz CT molecular complexity index is 1270. The van der Waals surface area contributed by atoms with Crippen LogP contribution in [0.4, 0.5) is 10.5 Å². The van der Waals surface area contributed by atoms with Crippen LogP contribution in [0.2, 0.25) is 0 Å². The van der Waals surface area contributed by atoms with E-state index >= 15 is 0 Å². The normalized spacial score (nSPS) is 18.5. The van der Waals surface area contributed by atoms with Gasteiger partial charge >= 0.3 is 6.09 Å². The van der Waals surface area contributed by atoms with Gasteiger partial charge in [0.05, 0.1) is 0 Å². The number of nitrogens with zero attached hydrogens (tertiary/aromatic N) is 1. The van der Waals surface area contributed by atoms with Gasteiger partial charge in [0.2, 0.25) is 0 Å². The van der Waals surface area contributed by atoms with Crippen molar-refractivity contribution in [2.24, 2.45) is 5.92 Å². The predicted octanol–water partition coefficient (Wildman–Crippen LogP) is 6.60. The summed E-state index contributed by atoms with van der Waals surface area (Å²) >= 11 is 0. The molecule has 1 unspecified atom stereocenters. The molecule has 204 valence electrons. The van der Waals surface area contributed by atoms with Crippen LogP contribution in [0, 0.1) is 5.92 Å². The first kappa shape index (κ1) is 26.9. The number of carbonyl (C=O) groups excluding carboxylic acids is 2. The molecule has 0 aromatic heterocycles. The summed E-state index contributed by atoms with van der Waals surface area (Å²) in [7, 11) is 0. The van der Waals surface area contributed by atoms with Crippen LogP contribution in [0.3, 0.4) is 0 Å². The van der Waals surface area contributed by atoms with Gasteiger partial charge in [-0.2, -0.15) is 0 Å². The van der Waals surface area contributed by atoms with E-state index in [0.29, 0.717) is 48.6 Å². The van der Waals surface area contributed by atoms with Crippen molar-refractivity contribution < 1.29 is 19.1 Å². The van der Waals surface area contributed by atoms with Crippen LogP contribution in [-0.4, -0.2) is 36.4 Å². The molecule has 3 aromatic carbocycles. The maximum atomic E-state index is 13.2. The third kappa shape index (κ3) is 6.69. The van der Waals surface area contributed by atoms with Crippen LogP contribution in [0.25, 0.3) is 0 Å². The zero-order valence-electron chi connectivity index (χ0n) is 22.7. The number of piperidine rings is 1. The molecule has 1 fully saturated rings. The van der Waals surface area contributed by atoms with Gasteiger partial charge < -0.3 is 14.3 Å². The van der Waals surface area contributed by atoms with Crippen molar-refractivity contribution in [2.45, 2.75) is 64.5 Å². The summed E-state index contributed by atoms with van der Waals surface area (Å²) in [6.07, 6.45) is 6.85. The van der Waals surface area contributed by atoms with E-state index < -0.39 is 6.09 Å². The highest BCUT2D eigenvalue weighted by Gasteiger charge is 2.37. The quantitative estimate of drug-likeness (QED) is 0.302. The summed E-state index contributed by atoms with van der Waals surface area (Å²) < 4.78 is 12.3. The molecule has 2 aliphatic rings. The van der Waals surface area contributed by atoms with E-state index in [1.54, 1.807) is 0 Å². The van der Waals surface area contributed by atoms with E-state index in [0.717, 1.165) is 48.8 Å². The molecule has 6 nitrogen and oxygen atoms in total. The molecule has 6 heteroatoms. The van der Waals surface area contributed by atoms with E-state index in [4.69, 9.17) is 9.47 Å². The van der Waals surface area contributed by atoms with Crippen LogP contribution < -0.4 is 14.8 Å². The number of amides is 1. The van der Waals surface area contributed by atoms with E-state index in [2.05, 4.69) is 23.2 Å². The number of carbonyl (C=O) groups is 2. The molecule has 1 aliphatic heterocycles. The number of rotatable bonds is 10. The topological polar surface area (TPSA) is 67.9 Å². The molecule has 0 spiro atoms. The summed E-state index contributed by atoms with van der Waals surface area (Å²) in [6.45, 7) is 4.94. The monoisotopic (exact) mass is 526 g/mol. The number of fused-ring (bicyclic) bond motifs is 2. The Hall–Kier alpha value is -3.64. The summed E-state index contributed by atoms with van der Waals surface area (Å²) in [5, 5.41) is 2.88. The van der Waals surface area contributed by atoms with Crippen LogP contribution in [0.15, 0.2) is 66.7 Å². The Morgan fingerprint density at radius 2 is 1.90 bits per heavy atom. The molecule has 0 saturated carbocycles. The summed E-state index contributed by atoms with van der Waals surface area (Å²) in [4.78, 5) is 26.6. The fourth-order valence-electron chi connectivity index (χ4n) is 6.09. The molecule has 5 rings (SSSR count). The van der Waals surface area contributed by atoms with Gasteiger partial charge in [-0.1, -0.05) is 55.5 Å². The largest absolute Gasteiger partial charge is 0.485 e. The number of ether oxygens (including phenoxy) is 2. The number of anilines is 1. The highest BCUT2D eigenvalue weighted by Crippen LogP contribution is 2.43. The summed E-state index contributed by atoms with van der Waals surface area (Å²) in [5.41, 5.74) is 5.02. The smallest absolute Gasteiger partial charge is 0.417 e. The number of hydrogen-bond acceptors (Lipinski definition) is 5. The van der Waals surface area contributed by atoms with E-state index in [1.807, 2.05) is 60.7 Å². The average molecular weight is 527 g/mol. The lowest BCUT2D eigenvalue weighted by molar-refractivity contribution is -0.107. The minimum absolute atomic E-state index is 0.396. The molecule has 3 aromatic rings. The second-order valence-electron chi connectivity index (χ2n) is 10.6. The maximum Gasteiger partial charge on any atom is 0.417 e. The molecule has 1 aliphatic carbocycles. The van der Waals surface area contributed by atoms with Crippen molar-refractivity contribution >= 4 is 18.1 Å². The third-order valence-corrected chi connectivity index (χ3v) is 7.92. The maximum absolute atomic E-state index is 13.2. The van der Waals surface area contributed by atoms with Gasteiger partial charge in [0.25, 0.3) is 0 Å². The van der Waals surface area contributed by atoms with Gasteiger partial charge in [-0.05, 0) is 92.4 Å². The highest BCUT2D eigenvalue weighted by atomic mass is 16.6. The minimum atomic E-state index is -0.543. The first-order chi connectivity index (χ1) is 19.1. The molecule has 1 amide bonds. The molecule has 1 heterocycles. The molecule has 39 heavy (non-hydrogen) atoms. The minimum Gasteiger partial charge on any atom is -0.485 e. The standard InChI is InChI=1S/C33H38N2O4/c1-2-17-35-18-7-13-27-21-29-26(22-30(27)35)15-16-31(38-23-25-9-4-3-5-10-25)32(29)39-33(37)34-28-14-6-11-24(20-28)12-8-19-36/h3-6,9-11,14-16,19-20,27,30H,2,7-8,12-13,17-18,21-23H2,1H3,(H,34,37)/t27-,30?/m1/s1. The number of likely N-dealkylation sites (tertiary alicyclic amines) is 1. The molecular formula is C33H38N2O4. The summed E-state index contributed by atoms with van der Waals surface area (Å²) in [5.74, 6) is 1.67. The fraction of sp³-hybridized carbons (Fsp3) is 0.394. The Labute approximate surface area is 231 Å². The van der Waals surface area contributed by atoms with Gasteiger partial charge in [0.15, 0.2) is 11.5 Å². The van der Waals surface area contributed by atoms with E-state index in [-0.39, 0.29) is 0 Å². The SMILES string of the molecule is CCCN1CCC[C@@H]2Cc3c(ccc(OCc4ccccc4)c3OC(=O)Nc3cccc(CCC=O)c3)CC21. The van der Waals surface area contributed by atoms with Crippen LogP contribution >= 0.6 is 0 Å². The van der Waals surface area contributed by atoms with Crippen molar-refractivity contribution in [1.82, 2.24) is 4.90 Å². The molecule has 1 saturated heterocycles. The summed E-state index contributed by atoms with van der Waals surface area (Å²) in [6, 6.07) is 22.2. The fourth-order valence-corrected chi connectivity index (χ4v) is 6.09. The van der Waals surface area contributed by atoms with Crippen molar-refractivity contribution in [1.29, 1.82) is 0 Å². The van der Waals surface area contributed by atoms with Crippen LogP contribution in [-0.2, 0) is 30.7 Å². The van der Waals surface area contributed by atoms with Crippen molar-refractivity contribution in [2.75, 3.05) is 18.4 Å². The number of hydrogen-bond donors (Lipinski definition) is 1. The first-order valence-electron chi connectivity index (χ1n) is 14.2. The van der Waals surface area contributed by atoms with Gasteiger partial charge in [0, 0.05) is 23.7 Å². The second kappa shape index (κ2) is 12.9. The van der Waals surface area contributed by atoms with Crippen LogP contribution in [0.1, 0.15) is 54.9 Å². The van der Waals surface area contributed by atoms with E-state index in [9.17, 15) is 9.59 Å². The molecule has 0 radical (unpaired) electrons. The lowest BCUT2D eigenvalue weighted by Gasteiger charge is -2.45. The molecule has 2 atom stereocenters. The van der Waals surface area contributed by atoms with Crippen molar-refractivity contribution in [3.63, 3.8) is 0 Å². The lowest BCUT2D eigenvalue weighted by Crippen LogP contribution is -2.49. The number of nitrogens with one attached hydrogen (secondary N) is 1. The van der Waals surface area contributed by atoms with Gasteiger partial charge in [-0.3, -0.25) is 10.2 Å². The van der Waals surface area contributed by atoms with Gasteiger partial charge in [-0.25, -0.2) is 4.79 Å². The molecule has 1 N–H and O–H groups in total. The second-order valence-corrected chi connectivity index (χ2v) is 10.6. The lowest BCUT2D eigenvalue weighted by atomic mass is 9.75. The van der Waals surface area contributed by atoms with Crippen molar-refractivity contribution in [3.8, 4) is 11.5 Å². The Kier molecular flexibility index (Phi) is 8.94. The highest BCUT2D eigenvalue weighted by molar-refractivity contribution is 5.87. The average Bonchev–Trinajstić information content (AvgIpc) is 2.96. The zero-order valence-corrected chi connectivity index (χ0v) is 22.7. The van der Waals surface area contributed by atoms with Gasteiger partial charge in [0.1, 0.15) is 12.9 Å². The number of aldehydes is 1. The van der Waals surface area contributed by atoms with Crippen LogP contribution in [0.5, 0.6) is 11.5 Å². The predicted molar refractivity (Wildman–Crippen MR) is 153 cm³/mol. The Morgan fingerprint density at radius 1 is 1.05 bits per heavy atom. The van der Waals surface area contributed by atoms with Gasteiger partial charge in [-0.15, -0.1) is 0 Å². The molecular weight excluding hydrogens is 488 g/mol. The first-order valence-corrected chi connectivity index (χ1v) is 14.2. The number of benzene rings is 3. The Balaban J connectivity index is 1.40. The number of aryl methyl sites for hydroxylation is 1. The third-order valence-electron chi connectivity index (χ3n) is 7.92. The zero-order chi connectivity index (χ0) is 27.0. The molecule has 0 bridgehead atoms. The van der Waals surface area contributed by atoms with Crippen molar-refractivity contribution in [3.05, 3.63) is 89.0 Å². The Morgan fingerprint density at radius 3 is 2.72 bits per heavy atom.